The summed E-state index contributed by atoms with van der Waals surface area (Å²) in [6.07, 6.45) is 6.18. The minimum absolute atomic E-state index is 0.339. The molecule has 2 N–H and O–H groups in total. The van der Waals surface area contributed by atoms with Gasteiger partial charge in [-0.25, -0.2) is 0 Å². The van der Waals surface area contributed by atoms with E-state index in [0.717, 1.165) is 5.56 Å². The van der Waals surface area contributed by atoms with Gasteiger partial charge in [-0.1, -0.05) is 18.2 Å². The van der Waals surface area contributed by atoms with Gasteiger partial charge in [-0.15, -0.1) is 0 Å². The third kappa shape index (κ3) is 3.55. The van der Waals surface area contributed by atoms with Gasteiger partial charge in [0.2, 0.25) is 5.91 Å². The standard InChI is InChI=1S/C21H17N5O3/c27-19(15-8-12-23-13-9-15)24-25-20(28)17-18(14-6-10-22-11-7-14)26(21(17)29)16-4-2-1-3-5-16/h1-13,17-18H,(H,24,27)(H,25,28)/t17-,18+/m1/s1. The number of hydrogen-bond donors (Lipinski definition) is 2. The number of hydrazine groups is 1. The predicted molar refractivity (Wildman–Crippen MR) is 104 cm³/mol. The van der Waals surface area contributed by atoms with E-state index in [9.17, 15) is 14.4 Å². The Morgan fingerprint density at radius 2 is 1.45 bits per heavy atom. The zero-order valence-electron chi connectivity index (χ0n) is 15.2. The number of nitrogens with zero attached hydrogens (tertiary/aromatic N) is 3. The third-order valence-electron chi connectivity index (χ3n) is 4.70. The number of anilines is 1. The summed E-state index contributed by atoms with van der Waals surface area (Å²) >= 11 is 0. The first-order valence-electron chi connectivity index (χ1n) is 8.95. The molecule has 0 radical (unpaired) electrons. The third-order valence-corrected chi connectivity index (χ3v) is 4.70. The fourth-order valence-corrected chi connectivity index (χ4v) is 3.29. The number of aromatic nitrogens is 2. The lowest BCUT2D eigenvalue weighted by atomic mass is 9.81. The molecule has 0 spiro atoms. The molecule has 8 nitrogen and oxygen atoms in total. The molecule has 0 saturated carbocycles. The number of β-lactam (4-membered cyclic amide) rings is 1. The van der Waals surface area contributed by atoms with E-state index in [0.29, 0.717) is 11.3 Å². The average Bonchev–Trinajstić information content (AvgIpc) is 2.77. The molecule has 29 heavy (non-hydrogen) atoms. The second kappa shape index (κ2) is 7.89. The highest BCUT2D eigenvalue weighted by Gasteiger charge is 2.53. The van der Waals surface area contributed by atoms with Gasteiger partial charge in [0.1, 0.15) is 5.92 Å². The molecule has 1 saturated heterocycles. The summed E-state index contributed by atoms with van der Waals surface area (Å²) in [5.74, 6) is -2.37. The van der Waals surface area contributed by atoms with Crippen molar-refractivity contribution in [2.45, 2.75) is 6.04 Å². The highest BCUT2D eigenvalue weighted by atomic mass is 16.2. The Balaban J connectivity index is 1.53. The van der Waals surface area contributed by atoms with Crippen LogP contribution >= 0.6 is 0 Å². The van der Waals surface area contributed by atoms with Gasteiger partial charge in [0.25, 0.3) is 11.8 Å². The maximum atomic E-state index is 12.8. The molecule has 0 unspecified atom stereocenters. The van der Waals surface area contributed by atoms with E-state index in [-0.39, 0.29) is 5.91 Å². The molecule has 144 valence electrons. The van der Waals surface area contributed by atoms with Crippen molar-refractivity contribution in [3.63, 3.8) is 0 Å². The Morgan fingerprint density at radius 1 is 0.828 bits per heavy atom. The SMILES string of the molecule is O=C(NNC(=O)[C@@H]1C(=O)N(c2ccccc2)[C@H]1c1ccncc1)c1ccncc1. The average molecular weight is 387 g/mol. The summed E-state index contributed by atoms with van der Waals surface area (Å²) in [5, 5.41) is 0. The molecule has 2 atom stereocenters. The van der Waals surface area contributed by atoms with Crippen molar-refractivity contribution < 1.29 is 14.4 Å². The number of carbonyl (C=O) groups is 3. The van der Waals surface area contributed by atoms with Gasteiger partial charge in [-0.05, 0) is 42.0 Å². The minimum Gasteiger partial charge on any atom is -0.303 e. The van der Waals surface area contributed by atoms with Crippen LogP contribution in [0.15, 0.2) is 79.4 Å². The van der Waals surface area contributed by atoms with Crippen LogP contribution in [0.2, 0.25) is 0 Å². The zero-order chi connectivity index (χ0) is 20.2. The zero-order valence-corrected chi connectivity index (χ0v) is 15.2. The van der Waals surface area contributed by atoms with Crippen LogP contribution < -0.4 is 15.8 Å². The van der Waals surface area contributed by atoms with E-state index in [2.05, 4.69) is 20.8 Å². The van der Waals surface area contributed by atoms with Crippen LogP contribution in [-0.4, -0.2) is 27.7 Å². The molecule has 1 fully saturated rings. The van der Waals surface area contributed by atoms with Gasteiger partial charge in [0.15, 0.2) is 0 Å². The summed E-state index contributed by atoms with van der Waals surface area (Å²) in [4.78, 5) is 47.1. The monoisotopic (exact) mass is 387 g/mol. The Morgan fingerprint density at radius 3 is 2.10 bits per heavy atom. The molecule has 8 heteroatoms. The van der Waals surface area contributed by atoms with Crippen LogP contribution in [-0.2, 0) is 9.59 Å². The smallest absolute Gasteiger partial charge is 0.269 e. The molecule has 3 heterocycles. The summed E-state index contributed by atoms with van der Waals surface area (Å²) in [7, 11) is 0. The summed E-state index contributed by atoms with van der Waals surface area (Å²) in [5.41, 5.74) is 6.53. The maximum absolute atomic E-state index is 12.8. The van der Waals surface area contributed by atoms with E-state index in [1.807, 2.05) is 30.3 Å². The van der Waals surface area contributed by atoms with E-state index in [1.54, 1.807) is 29.4 Å². The van der Waals surface area contributed by atoms with Crippen molar-refractivity contribution in [3.8, 4) is 0 Å². The first kappa shape index (κ1) is 18.3. The van der Waals surface area contributed by atoms with Crippen LogP contribution in [0.5, 0.6) is 0 Å². The molecule has 2 aromatic heterocycles. The summed E-state index contributed by atoms with van der Waals surface area (Å²) in [6.45, 7) is 0. The van der Waals surface area contributed by atoms with Crippen LogP contribution in [0, 0.1) is 5.92 Å². The second-order valence-corrected chi connectivity index (χ2v) is 6.43. The number of rotatable bonds is 4. The Hall–Kier alpha value is -4.07. The lowest BCUT2D eigenvalue weighted by molar-refractivity contribution is -0.141. The fraction of sp³-hybridized carbons (Fsp3) is 0.0952. The summed E-state index contributed by atoms with van der Waals surface area (Å²) in [6, 6.07) is 15.2. The summed E-state index contributed by atoms with van der Waals surface area (Å²) < 4.78 is 0. The lowest BCUT2D eigenvalue weighted by Crippen LogP contribution is -2.62. The molecule has 3 amide bonds. The lowest BCUT2D eigenvalue weighted by Gasteiger charge is -2.46. The Labute approximate surface area is 166 Å². The van der Waals surface area contributed by atoms with Crippen molar-refractivity contribution in [1.82, 2.24) is 20.8 Å². The number of amides is 3. The number of benzene rings is 1. The van der Waals surface area contributed by atoms with Gasteiger partial charge >= 0.3 is 0 Å². The Bertz CT molecular complexity index is 1030. The quantitative estimate of drug-likeness (QED) is 0.402. The van der Waals surface area contributed by atoms with Crippen LogP contribution in [0.1, 0.15) is 22.0 Å². The molecule has 1 aromatic carbocycles. The second-order valence-electron chi connectivity index (χ2n) is 6.43. The largest absolute Gasteiger partial charge is 0.303 e. The maximum Gasteiger partial charge on any atom is 0.269 e. The molecular formula is C21H17N5O3. The van der Waals surface area contributed by atoms with Crippen LogP contribution in [0.4, 0.5) is 5.69 Å². The van der Waals surface area contributed by atoms with Crippen molar-refractivity contribution in [1.29, 1.82) is 0 Å². The normalized spacial score (nSPS) is 17.9. The van der Waals surface area contributed by atoms with Crippen LogP contribution in [0.25, 0.3) is 0 Å². The molecule has 3 aromatic rings. The van der Waals surface area contributed by atoms with E-state index in [1.165, 1.54) is 24.5 Å². The Kier molecular flexibility index (Phi) is 4.98. The predicted octanol–water partition coefficient (Wildman–Crippen LogP) is 1.64. The number of pyridine rings is 2. The molecule has 0 bridgehead atoms. The van der Waals surface area contributed by atoms with Crippen molar-refractivity contribution in [2.24, 2.45) is 5.92 Å². The number of para-hydroxylation sites is 1. The molecule has 0 aliphatic carbocycles. The molecular weight excluding hydrogens is 370 g/mol. The van der Waals surface area contributed by atoms with Crippen molar-refractivity contribution >= 4 is 23.4 Å². The minimum atomic E-state index is -0.963. The molecule has 1 aliphatic heterocycles. The first-order valence-corrected chi connectivity index (χ1v) is 8.95. The first-order chi connectivity index (χ1) is 14.2. The van der Waals surface area contributed by atoms with E-state index >= 15 is 0 Å². The van der Waals surface area contributed by atoms with Gasteiger partial charge in [0.05, 0.1) is 6.04 Å². The van der Waals surface area contributed by atoms with E-state index in [4.69, 9.17) is 0 Å². The van der Waals surface area contributed by atoms with Crippen molar-refractivity contribution in [3.05, 3.63) is 90.5 Å². The van der Waals surface area contributed by atoms with Crippen LogP contribution in [0.3, 0.4) is 0 Å². The molecule has 1 aliphatic rings. The highest BCUT2D eigenvalue weighted by Crippen LogP contribution is 2.43. The topological polar surface area (TPSA) is 104 Å². The van der Waals surface area contributed by atoms with Gasteiger partial charge in [0, 0.05) is 36.0 Å². The number of nitrogens with one attached hydrogen (secondary N) is 2. The number of carbonyl (C=O) groups excluding carboxylic acids is 3. The van der Waals surface area contributed by atoms with E-state index < -0.39 is 23.8 Å². The van der Waals surface area contributed by atoms with Gasteiger partial charge < -0.3 is 4.90 Å². The fourth-order valence-electron chi connectivity index (χ4n) is 3.29. The van der Waals surface area contributed by atoms with Crippen molar-refractivity contribution in [2.75, 3.05) is 4.90 Å². The molecule has 4 rings (SSSR count). The number of hydrogen-bond acceptors (Lipinski definition) is 5. The van der Waals surface area contributed by atoms with Gasteiger partial charge in [-0.3, -0.25) is 35.2 Å². The van der Waals surface area contributed by atoms with Gasteiger partial charge in [-0.2, -0.15) is 0 Å². The highest BCUT2D eigenvalue weighted by molar-refractivity contribution is 6.15.